The molecule has 0 aliphatic carbocycles. The van der Waals surface area contributed by atoms with Crippen LogP contribution in [0.1, 0.15) is 11.6 Å². The maximum Gasteiger partial charge on any atom is 0.206 e. The summed E-state index contributed by atoms with van der Waals surface area (Å²) in [6.07, 6.45) is 4.06. The minimum Gasteiger partial charge on any atom is -0.493 e. The lowest BCUT2D eigenvalue weighted by Crippen LogP contribution is -2.41. The molecule has 1 aromatic heterocycles. The van der Waals surface area contributed by atoms with E-state index >= 15 is 0 Å². The van der Waals surface area contributed by atoms with Crippen LogP contribution in [0.15, 0.2) is 48.8 Å². The molecule has 4 heteroatoms. The molecule has 0 spiro atoms. The lowest BCUT2D eigenvalue weighted by Gasteiger charge is -2.14. The summed E-state index contributed by atoms with van der Waals surface area (Å²) >= 11 is 0. The molecule has 1 unspecified atom stereocenters. The molecule has 0 fully saturated rings. The Labute approximate surface area is 119 Å². The number of aromatic nitrogens is 1. The first-order valence-electron chi connectivity index (χ1n) is 6.46. The van der Waals surface area contributed by atoms with Gasteiger partial charge in [-0.15, -0.1) is 0 Å². The zero-order valence-corrected chi connectivity index (χ0v) is 12.1. The smallest absolute Gasteiger partial charge is 0.206 e. The van der Waals surface area contributed by atoms with Crippen LogP contribution in [0.25, 0.3) is 0 Å². The van der Waals surface area contributed by atoms with E-state index in [0.717, 1.165) is 17.1 Å². The van der Waals surface area contributed by atoms with Gasteiger partial charge in [-0.05, 0) is 18.2 Å². The lowest BCUT2D eigenvalue weighted by atomic mass is 10.1. The van der Waals surface area contributed by atoms with Crippen LogP contribution in [-0.4, -0.2) is 27.9 Å². The number of rotatable bonds is 6. The summed E-state index contributed by atoms with van der Waals surface area (Å²) in [5.74, 6) is 1.45. The first-order valence-corrected chi connectivity index (χ1v) is 6.46. The fraction of sp³-hybridized carbons (Fsp3) is 0.312. The summed E-state index contributed by atoms with van der Waals surface area (Å²) in [6.45, 7) is 0.587. The topological polar surface area (TPSA) is 31.6 Å². The number of ether oxygens (including phenoxy) is 3. The van der Waals surface area contributed by atoms with Crippen molar-refractivity contribution in [2.45, 2.75) is 6.04 Å². The second-order valence-corrected chi connectivity index (χ2v) is 4.41. The molecule has 2 aromatic rings. The highest BCUT2D eigenvalue weighted by atomic mass is 16.5. The molecule has 0 saturated heterocycles. The molecule has 0 amide bonds. The molecule has 4 nitrogen and oxygen atoms in total. The van der Waals surface area contributed by atoms with Gasteiger partial charge < -0.3 is 14.2 Å². The summed E-state index contributed by atoms with van der Waals surface area (Å²) in [6, 6.07) is 12.0. The quantitative estimate of drug-likeness (QED) is 0.757. The Hall–Kier alpha value is -2.07. The van der Waals surface area contributed by atoms with Crippen molar-refractivity contribution >= 4 is 0 Å². The average molecular weight is 274 g/mol. The van der Waals surface area contributed by atoms with Gasteiger partial charge in [-0.2, -0.15) is 4.57 Å². The maximum absolute atomic E-state index is 5.37. The van der Waals surface area contributed by atoms with Crippen LogP contribution in [0.4, 0.5) is 0 Å². The van der Waals surface area contributed by atoms with Gasteiger partial charge in [0.2, 0.25) is 6.04 Å². The fourth-order valence-corrected chi connectivity index (χ4v) is 2.19. The third-order valence-electron chi connectivity index (χ3n) is 3.22. The molecular weight excluding hydrogens is 254 g/mol. The van der Waals surface area contributed by atoms with Gasteiger partial charge in [0.15, 0.2) is 23.9 Å². The van der Waals surface area contributed by atoms with Gasteiger partial charge >= 0.3 is 0 Å². The molecule has 0 aliphatic rings. The normalized spacial score (nSPS) is 11.9. The molecule has 2 rings (SSSR count). The molecule has 1 aromatic carbocycles. The van der Waals surface area contributed by atoms with E-state index in [4.69, 9.17) is 14.2 Å². The molecule has 0 bridgehead atoms. The van der Waals surface area contributed by atoms with Gasteiger partial charge in [0.25, 0.3) is 0 Å². The Kier molecular flexibility index (Phi) is 4.96. The van der Waals surface area contributed by atoms with Crippen LogP contribution in [0.2, 0.25) is 0 Å². The van der Waals surface area contributed by atoms with Crippen molar-refractivity contribution in [3.8, 4) is 11.5 Å². The SMILES string of the molecule is COCC(c1ccc(OC)c(OC)c1)[n+]1ccccc1. The molecule has 0 saturated carbocycles. The van der Waals surface area contributed by atoms with Crippen molar-refractivity contribution in [3.05, 3.63) is 54.4 Å². The predicted octanol–water partition coefficient (Wildman–Crippen LogP) is 2.23. The summed E-state index contributed by atoms with van der Waals surface area (Å²) < 4.78 is 18.1. The molecule has 106 valence electrons. The summed E-state index contributed by atoms with van der Waals surface area (Å²) in [5, 5.41) is 0. The predicted molar refractivity (Wildman–Crippen MR) is 76.2 cm³/mol. The van der Waals surface area contributed by atoms with E-state index in [2.05, 4.69) is 4.57 Å². The van der Waals surface area contributed by atoms with E-state index in [9.17, 15) is 0 Å². The molecule has 0 aliphatic heterocycles. The maximum atomic E-state index is 5.37. The Balaban J connectivity index is 2.39. The second-order valence-electron chi connectivity index (χ2n) is 4.41. The van der Waals surface area contributed by atoms with E-state index in [-0.39, 0.29) is 6.04 Å². The first-order chi connectivity index (χ1) is 9.80. The summed E-state index contributed by atoms with van der Waals surface area (Å²) in [4.78, 5) is 0. The van der Waals surface area contributed by atoms with Crippen molar-refractivity contribution in [1.82, 2.24) is 0 Å². The fourth-order valence-electron chi connectivity index (χ4n) is 2.19. The molecule has 20 heavy (non-hydrogen) atoms. The second kappa shape index (κ2) is 6.91. The van der Waals surface area contributed by atoms with E-state index in [1.807, 2.05) is 48.8 Å². The van der Waals surface area contributed by atoms with E-state index < -0.39 is 0 Å². The number of methoxy groups -OCH3 is 3. The van der Waals surface area contributed by atoms with Crippen LogP contribution < -0.4 is 14.0 Å². The van der Waals surface area contributed by atoms with E-state index in [1.165, 1.54) is 0 Å². The van der Waals surface area contributed by atoms with Gasteiger partial charge in [0, 0.05) is 24.8 Å². The van der Waals surface area contributed by atoms with E-state index in [0.29, 0.717) is 6.61 Å². The van der Waals surface area contributed by atoms with Crippen molar-refractivity contribution in [1.29, 1.82) is 0 Å². The van der Waals surface area contributed by atoms with Gasteiger partial charge in [-0.1, -0.05) is 6.07 Å². The van der Waals surface area contributed by atoms with Crippen LogP contribution in [0, 0.1) is 0 Å². The van der Waals surface area contributed by atoms with Gasteiger partial charge in [0.1, 0.15) is 6.61 Å². The van der Waals surface area contributed by atoms with Gasteiger partial charge in [-0.25, -0.2) is 0 Å². The number of benzene rings is 1. The Bertz CT molecular complexity index is 543. The molecular formula is C16H20NO3+. The monoisotopic (exact) mass is 274 g/mol. The standard InChI is InChI=1S/C16H20NO3/c1-18-12-14(17-9-5-4-6-10-17)13-7-8-15(19-2)16(11-13)20-3/h4-11,14H,12H2,1-3H3/q+1. The number of nitrogens with zero attached hydrogens (tertiary/aromatic N) is 1. The Morgan fingerprint density at radius 1 is 0.950 bits per heavy atom. The Morgan fingerprint density at radius 3 is 2.25 bits per heavy atom. The Morgan fingerprint density at radius 2 is 1.65 bits per heavy atom. The van der Waals surface area contributed by atoms with Crippen molar-refractivity contribution < 1.29 is 18.8 Å². The minimum absolute atomic E-state index is 0.0982. The first kappa shape index (κ1) is 14.3. The third kappa shape index (κ3) is 3.08. The highest BCUT2D eigenvalue weighted by Gasteiger charge is 2.22. The summed E-state index contributed by atoms with van der Waals surface area (Å²) in [7, 11) is 4.98. The zero-order chi connectivity index (χ0) is 14.4. The van der Waals surface area contributed by atoms with Crippen LogP contribution in [0.3, 0.4) is 0 Å². The van der Waals surface area contributed by atoms with Crippen LogP contribution in [0.5, 0.6) is 11.5 Å². The lowest BCUT2D eigenvalue weighted by molar-refractivity contribution is -0.715. The molecule has 1 atom stereocenters. The molecule has 0 N–H and O–H groups in total. The largest absolute Gasteiger partial charge is 0.493 e. The number of hydrogen-bond donors (Lipinski definition) is 0. The van der Waals surface area contributed by atoms with Crippen LogP contribution in [-0.2, 0) is 4.74 Å². The summed E-state index contributed by atoms with van der Waals surface area (Å²) in [5.41, 5.74) is 1.11. The highest BCUT2D eigenvalue weighted by molar-refractivity contribution is 5.43. The zero-order valence-electron chi connectivity index (χ0n) is 12.1. The van der Waals surface area contributed by atoms with Crippen molar-refractivity contribution in [3.63, 3.8) is 0 Å². The third-order valence-corrected chi connectivity index (χ3v) is 3.22. The van der Waals surface area contributed by atoms with Gasteiger partial charge in [-0.3, -0.25) is 0 Å². The average Bonchev–Trinajstić information content (AvgIpc) is 2.52. The van der Waals surface area contributed by atoms with Crippen molar-refractivity contribution in [2.24, 2.45) is 0 Å². The number of pyridine rings is 1. The van der Waals surface area contributed by atoms with Crippen LogP contribution >= 0.6 is 0 Å². The van der Waals surface area contributed by atoms with Gasteiger partial charge in [0.05, 0.1) is 14.2 Å². The van der Waals surface area contributed by atoms with E-state index in [1.54, 1.807) is 21.3 Å². The number of hydrogen-bond acceptors (Lipinski definition) is 3. The molecule has 0 radical (unpaired) electrons. The molecule has 1 heterocycles. The highest BCUT2D eigenvalue weighted by Crippen LogP contribution is 2.29. The minimum atomic E-state index is 0.0982. The van der Waals surface area contributed by atoms with Crippen molar-refractivity contribution in [2.75, 3.05) is 27.9 Å².